The number of rotatable bonds is 4. The van der Waals surface area contributed by atoms with E-state index < -0.39 is 0 Å². The summed E-state index contributed by atoms with van der Waals surface area (Å²) in [6.45, 7) is 4.09. The molecule has 5 nitrogen and oxygen atoms in total. The Balaban J connectivity index is 2.13. The maximum atomic E-state index is 11.3. The molecule has 0 aliphatic carbocycles. The molecule has 0 atom stereocenters. The van der Waals surface area contributed by atoms with Gasteiger partial charge in [-0.25, -0.2) is 0 Å². The molecule has 0 aliphatic heterocycles. The Kier molecular flexibility index (Phi) is 3.72. The number of benzene rings is 1. The van der Waals surface area contributed by atoms with Crippen molar-refractivity contribution in [2.75, 3.05) is 6.61 Å². The van der Waals surface area contributed by atoms with E-state index in [2.05, 4.69) is 10.1 Å². The average Bonchev–Trinajstić information content (AvgIpc) is 2.78. The van der Waals surface area contributed by atoms with Crippen LogP contribution in [0.25, 0.3) is 11.5 Å². The van der Waals surface area contributed by atoms with Crippen LogP contribution >= 0.6 is 0 Å². The van der Waals surface area contributed by atoms with Crippen LogP contribution < -0.4 is 0 Å². The highest BCUT2D eigenvalue weighted by molar-refractivity contribution is 5.71. The van der Waals surface area contributed by atoms with Crippen molar-refractivity contribution >= 4 is 5.97 Å². The quantitative estimate of drug-likeness (QED) is 0.773. The second-order valence-electron chi connectivity index (χ2n) is 3.87. The Labute approximate surface area is 105 Å². The van der Waals surface area contributed by atoms with E-state index in [1.165, 1.54) is 0 Å². The summed E-state index contributed by atoms with van der Waals surface area (Å²) >= 11 is 0. The zero-order valence-electron chi connectivity index (χ0n) is 10.3. The third kappa shape index (κ3) is 2.94. The van der Waals surface area contributed by atoms with Gasteiger partial charge in [0.2, 0.25) is 0 Å². The van der Waals surface area contributed by atoms with E-state index in [-0.39, 0.29) is 12.4 Å². The zero-order chi connectivity index (χ0) is 13.0. The minimum Gasteiger partial charge on any atom is -0.466 e. The molecule has 1 heterocycles. The summed E-state index contributed by atoms with van der Waals surface area (Å²) in [7, 11) is 0. The lowest BCUT2D eigenvalue weighted by atomic mass is 10.1. The molecule has 0 amide bonds. The highest BCUT2D eigenvalue weighted by Gasteiger charge is 2.12. The molecular formula is C13H14N2O3. The predicted molar refractivity (Wildman–Crippen MR) is 64.8 cm³/mol. The van der Waals surface area contributed by atoms with E-state index in [1.54, 1.807) is 6.92 Å². The lowest BCUT2D eigenvalue weighted by molar-refractivity contribution is -0.142. The van der Waals surface area contributed by atoms with Crippen LogP contribution in [0.5, 0.6) is 0 Å². The monoisotopic (exact) mass is 246 g/mol. The highest BCUT2D eigenvalue weighted by atomic mass is 16.5. The van der Waals surface area contributed by atoms with Gasteiger partial charge < -0.3 is 9.26 Å². The van der Waals surface area contributed by atoms with Crippen molar-refractivity contribution in [1.29, 1.82) is 0 Å². The van der Waals surface area contributed by atoms with Crippen LogP contribution in [0, 0.1) is 6.92 Å². The van der Waals surface area contributed by atoms with Crippen molar-refractivity contribution in [3.05, 3.63) is 35.7 Å². The van der Waals surface area contributed by atoms with Crippen molar-refractivity contribution < 1.29 is 14.1 Å². The summed E-state index contributed by atoms with van der Waals surface area (Å²) in [5.41, 5.74) is 1.95. The zero-order valence-corrected chi connectivity index (χ0v) is 10.3. The van der Waals surface area contributed by atoms with E-state index in [0.29, 0.717) is 18.3 Å². The first kappa shape index (κ1) is 12.3. The third-order valence-corrected chi connectivity index (χ3v) is 2.34. The SMILES string of the molecule is CCOC(=O)Cc1noc(-c2cccc(C)c2)n1. The van der Waals surface area contributed by atoms with E-state index in [9.17, 15) is 4.79 Å². The fourth-order valence-electron chi connectivity index (χ4n) is 1.56. The average molecular weight is 246 g/mol. The Morgan fingerprint density at radius 2 is 2.28 bits per heavy atom. The Morgan fingerprint density at radius 3 is 3.00 bits per heavy atom. The molecule has 5 heteroatoms. The molecule has 0 spiro atoms. The normalized spacial score (nSPS) is 10.3. The molecule has 0 N–H and O–H groups in total. The number of nitrogens with zero attached hydrogens (tertiary/aromatic N) is 2. The van der Waals surface area contributed by atoms with Gasteiger partial charge in [0.25, 0.3) is 5.89 Å². The third-order valence-electron chi connectivity index (χ3n) is 2.34. The van der Waals surface area contributed by atoms with Gasteiger partial charge in [-0.2, -0.15) is 4.98 Å². The van der Waals surface area contributed by atoms with E-state index in [1.807, 2.05) is 31.2 Å². The van der Waals surface area contributed by atoms with Crippen LogP contribution in [0.2, 0.25) is 0 Å². The fraction of sp³-hybridized carbons (Fsp3) is 0.308. The van der Waals surface area contributed by atoms with E-state index >= 15 is 0 Å². The molecule has 1 aromatic carbocycles. The van der Waals surface area contributed by atoms with Crippen molar-refractivity contribution in [2.24, 2.45) is 0 Å². The molecular weight excluding hydrogens is 232 g/mol. The van der Waals surface area contributed by atoms with E-state index in [0.717, 1.165) is 11.1 Å². The molecule has 0 fully saturated rings. The second kappa shape index (κ2) is 5.44. The molecule has 1 aromatic heterocycles. The van der Waals surface area contributed by atoms with Crippen LogP contribution in [0.4, 0.5) is 0 Å². The number of carbonyl (C=O) groups is 1. The number of hydrogen-bond acceptors (Lipinski definition) is 5. The molecule has 0 saturated carbocycles. The van der Waals surface area contributed by atoms with Crippen molar-refractivity contribution in [3.63, 3.8) is 0 Å². The van der Waals surface area contributed by atoms with Gasteiger partial charge in [0.1, 0.15) is 6.42 Å². The number of aryl methyl sites for hydroxylation is 1. The Bertz CT molecular complexity index is 549. The van der Waals surface area contributed by atoms with Gasteiger partial charge in [-0.3, -0.25) is 4.79 Å². The summed E-state index contributed by atoms with van der Waals surface area (Å²) < 4.78 is 9.94. The first-order valence-corrected chi connectivity index (χ1v) is 5.74. The summed E-state index contributed by atoms with van der Waals surface area (Å²) in [5.74, 6) is 0.400. The van der Waals surface area contributed by atoms with Gasteiger partial charge in [0, 0.05) is 5.56 Å². The Morgan fingerprint density at radius 1 is 1.44 bits per heavy atom. The van der Waals surface area contributed by atoms with Crippen molar-refractivity contribution in [2.45, 2.75) is 20.3 Å². The fourth-order valence-corrected chi connectivity index (χ4v) is 1.56. The Hall–Kier alpha value is -2.17. The van der Waals surface area contributed by atoms with Gasteiger partial charge >= 0.3 is 5.97 Å². The minimum atomic E-state index is -0.353. The van der Waals surface area contributed by atoms with Gasteiger partial charge in [0.05, 0.1) is 6.61 Å². The van der Waals surface area contributed by atoms with Gasteiger partial charge in [-0.1, -0.05) is 22.9 Å². The summed E-state index contributed by atoms with van der Waals surface area (Å²) in [5, 5.41) is 3.76. The predicted octanol–water partition coefficient (Wildman–Crippen LogP) is 2.15. The molecule has 0 unspecified atom stereocenters. The lowest BCUT2D eigenvalue weighted by Gasteiger charge is -1.96. The standard InChI is InChI=1S/C13H14N2O3/c1-3-17-12(16)8-11-14-13(18-15-11)10-6-4-5-9(2)7-10/h4-7H,3,8H2,1-2H3. The number of ether oxygens (including phenoxy) is 1. The molecule has 0 bridgehead atoms. The number of carbonyl (C=O) groups excluding carboxylic acids is 1. The summed E-state index contributed by atoms with van der Waals surface area (Å²) in [6.07, 6.45) is 0.0309. The van der Waals surface area contributed by atoms with Crippen molar-refractivity contribution in [1.82, 2.24) is 10.1 Å². The summed E-state index contributed by atoms with van der Waals surface area (Å²) in [6, 6.07) is 7.73. The largest absolute Gasteiger partial charge is 0.466 e. The van der Waals surface area contributed by atoms with Gasteiger partial charge in [-0.15, -0.1) is 0 Å². The molecule has 0 radical (unpaired) electrons. The molecule has 0 saturated heterocycles. The first-order chi connectivity index (χ1) is 8.69. The number of aromatic nitrogens is 2. The number of esters is 1. The second-order valence-corrected chi connectivity index (χ2v) is 3.87. The number of hydrogen-bond donors (Lipinski definition) is 0. The minimum absolute atomic E-state index is 0.0309. The maximum Gasteiger partial charge on any atom is 0.313 e. The molecule has 94 valence electrons. The van der Waals surface area contributed by atoms with Crippen LogP contribution in [-0.2, 0) is 16.0 Å². The van der Waals surface area contributed by atoms with Crippen LogP contribution in [0.3, 0.4) is 0 Å². The van der Waals surface area contributed by atoms with Crippen LogP contribution in [0.1, 0.15) is 18.3 Å². The molecule has 18 heavy (non-hydrogen) atoms. The van der Waals surface area contributed by atoms with Crippen LogP contribution in [-0.4, -0.2) is 22.7 Å². The maximum absolute atomic E-state index is 11.3. The molecule has 2 aromatic rings. The smallest absolute Gasteiger partial charge is 0.313 e. The van der Waals surface area contributed by atoms with Crippen molar-refractivity contribution in [3.8, 4) is 11.5 Å². The highest BCUT2D eigenvalue weighted by Crippen LogP contribution is 2.18. The van der Waals surface area contributed by atoms with Gasteiger partial charge in [0.15, 0.2) is 5.82 Å². The first-order valence-electron chi connectivity index (χ1n) is 5.74. The molecule has 0 aliphatic rings. The summed E-state index contributed by atoms with van der Waals surface area (Å²) in [4.78, 5) is 15.4. The van der Waals surface area contributed by atoms with Gasteiger partial charge in [-0.05, 0) is 26.0 Å². The van der Waals surface area contributed by atoms with Crippen LogP contribution in [0.15, 0.2) is 28.8 Å². The van der Waals surface area contributed by atoms with E-state index in [4.69, 9.17) is 9.26 Å². The lowest BCUT2D eigenvalue weighted by Crippen LogP contribution is -2.08. The topological polar surface area (TPSA) is 65.2 Å². The molecule has 2 rings (SSSR count).